The number of hydrogen-bond donors (Lipinski definition) is 1. The molecule has 1 N–H and O–H groups in total. The molecule has 0 saturated heterocycles. The first-order valence-electron chi connectivity index (χ1n) is 12.4. The lowest BCUT2D eigenvalue weighted by Crippen LogP contribution is -2.57. The van der Waals surface area contributed by atoms with Crippen molar-refractivity contribution in [2.45, 2.75) is 84.3 Å². The molecule has 0 bridgehead atoms. The molecule has 31 heavy (non-hydrogen) atoms. The number of ether oxygens (including phenoxy) is 1. The number of nitrogens with zero attached hydrogens (tertiary/aromatic N) is 3. The second-order valence-electron chi connectivity index (χ2n) is 11.4. The third kappa shape index (κ3) is 3.40. The molecule has 1 unspecified atom stereocenters. The van der Waals surface area contributed by atoms with Crippen LogP contribution in [0.1, 0.15) is 70.4 Å². The summed E-state index contributed by atoms with van der Waals surface area (Å²) in [5.74, 6) is 3.06. The highest BCUT2D eigenvalue weighted by Crippen LogP contribution is 2.67. The third-order valence-electron chi connectivity index (χ3n) is 10.1. The molecule has 1 heterocycles. The van der Waals surface area contributed by atoms with Crippen LogP contribution in [0.5, 0.6) is 0 Å². The van der Waals surface area contributed by atoms with Crippen molar-refractivity contribution < 1.29 is 14.6 Å². The Balaban J connectivity index is 1.37. The quantitative estimate of drug-likeness (QED) is 0.770. The molecule has 0 spiro atoms. The van der Waals surface area contributed by atoms with Crippen LogP contribution >= 0.6 is 0 Å². The van der Waals surface area contributed by atoms with Gasteiger partial charge in [0.05, 0.1) is 24.6 Å². The Morgan fingerprint density at radius 1 is 1.19 bits per heavy atom. The van der Waals surface area contributed by atoms with Crippen LogP contribution in [0.25, 0.3) is 0 Å². The Morgan fingerprint density at radius 2 is 2.03 bits per heavy atom. The van der Waals surface area contributed by atoms with Crippen molar-refractivity contribution in [2.75, 3.05) is 13.7 Å². The molecule has 6 heteroatoms. The van der Waals surface area contributed by atoms with Crippen LogP contribution in [0.3, 0.4) is 0 Å². The van der Waals surface area contributed by atoms with Crippen molar-refractivity contribution in [1.82, 2.24) is 15.0 Å². The highest BCUT2D eigenvalue weighted by Gasteiger charge is 2.62. The number of carbonyl (C=O) groups is 1. The lowest BCUT2D eigenvalue weighted by molar-refractivity contribution is -0.161. The third-order valence-corrected chi connectivity index (χ3v) is 10.1. The number of carbonyl (C=O) groups excluding carboxylic acids is 1. The fraction of sp³-hybridized carbons (Fsp3) is 0.880. The molecule has 4 aliphatic rings. The Bertz CT molecular complexity index is 825. The first-order chi connectivity index (χ1) is 14.9. The molecular formula is C25H39N3O3. The molecule has 172 valence electrons. The Hall–Kier alpha value is -1.27. The number of rotatable bonds is 5. The molecule has 1 aromatic heterocycles. The van der Waals surface area contributed by atoms with Gasteiger partial charge in [0.1, 0.15) is 6.54 Å². The Labute approximate surface area is 186 Å². The van der Waals surface area contributed by atoms with Gasteiger partial charge in [0.15, 0.2) is 5.78 Å². The van der Waals surface area contributed by atoms with Gasteiger partial charge in [-0.15, -0.1) is 0 Å². The summed E-state index contributed by atoms with van der Waals surface area (Å²) in [6, 6.07) is 0. The number of hydrogen-bond acceptors (Lipinski definition) is 5. The largest absolute Gasteiger partial charge is 0.393 e. The van der Waals surface area contributed by atoms with Gasteiger partial charge in [0.25, 0.3) is 0 Å². The molecule has 8 atom stereocenters. The molecule has 6 nitrogen and oxygen atoms in total. The summed E-state index contributed by atoms with van der Waals surface area (Å²) in [5.41, 5.74) is 1.20. The topological polar surface area (TPSA) is 77.2 Å². The van der Waals surface area contributed by atoms with Gasteiger partial charge in [0, 0.05) is 13.0 Å². The van der Waals surface area contributed by atoms with Gasteiger partial charge in [-0.3, -0.25) is 4.79 Å². The van der Waals surface area contributed by atoms with E-state index in [0.717, 1.165) is 44.4 Å². The van der Waals surface area contributed by atoms with Crippen molar-refractivity contribution in [3.05, 3.63) is 11.9 Å². The number of ketones is 1. The van der Waals surface area contributed by atoms with E-state index in [4.69, 9.17) is 4.74 Å². The van der Waals surface area contributed by atoms with Gasteiger partial charge in [-0.05, 0) is 99.2 Å². The van der Waals surface area contributed by atoms with Crippen LogP contribution in [0, 0.1) is 47.3 Å². The second kappa shape index (κ2) is 7.95. The minimum absolute atomic E-state index is 0.107. The number of Topliss-reactive ketones (excluding diaryl/α,β-unsaturated/α-hetero) is 1. The number of fused-ring (bicyclic) bond motifs is 5. The van der Waals surface area contributed by atoms with Gasteiger partial charge in [0.2, 0.25) is 0 Å². The van der Waals surface area contributed by atoms with E-state index >= 15 is 0 Å². The van der Waals surface area contributed by atoms with Crippen LogP contribution in [-0.2, 0) is 16.1 Å². The van der Waals surface area contributed by atoms with E-state index in [1.807, 2.05) is 14.0 Å². The Morgan fingerprint density at radius 3 is 2.77 bits per heavy atom. The van der Waals surface area contributed by atoms with Crippen molar-refractivity contribution in [3.63, 3.8) is 0 Å². The van der Waals surface area contributed by atoms with E-state index in [-0.39, 0.29) is 22.9 Å². The molecule has 1 aromatic rings. The maximum absolute atomic E-state index is 13.3. The van der Waals surface area contributed by atoms with Crippen molar-refractivity contribution >= 4 is 5.78 Å². The average Bonchev–Trinajstić information content (AvgIpc) is 3.30. The maximum Gasteiger partial charge on any atom is 0.159 e. The lowest BCUT2D eigenvalue weighted by Gasteiger charge is -2.61. The fourth-order valence-corrected chi connectivity index (χ4v) is 8.82. The van der Waals surface area contributed by atoms with Crippen molar-refractivity contribution in [2.24, 2.45) is 40.4 Å². The van der Waals surface area contributed by atoms with Gasteiger partial charge in [-0.1, -0.05) is 6.92 Å². The van der Waals surface area contributed by atoms with E-state index in [2.05, 4.69) is 17.1 Å². The normalized spacial score (nSPS) is 44.4. The molecule has 4 fully saturated rings. The van der Waals surface area contributed by atoms with Gasteiger partial charge >= 0.3 is 0 Å². The number of methoxy groups -OCH3 is 1. The average molecular weight is 430 g/mol. The molecule has 5 rings (SSSR count). The van der Waals surface area contributed by atoms with E-state index in [0.29, 0.717) is 36.0 Å². The lowest BCUT2D eigenvalue weighted by atomic mass is 9.44. The van der Waals surface area contributed by atoms with Crippen LogP contribution in [0.15, 0.2) is 6.20 Å². The minimum atomic E-state index is -0.131. The van der Waals surface area contributed by atoms with Crippen molar-refractivity contribution in [3.8, 4) is 0 Å². The number of aromatic nitrogens is 3. The molecule has 0 amide bonds. The van der Waals surface area contributed by atoms with Crippen molar-refractivity contribution in [1.29, 1.82) is 0 Å². The van der Waals surface area contributed by atoms with Gasteiger partial charge < -0.3 is 9.84 Å². The summed E-state index contributed by atoms with van der Waals surface area (Å²) >= 11 is 0. The van der Waals surface area contributed by atoms with Crippen LogP contribution in [-0.4, -0.2) is 45.7 Å². The predicted molar refractivity (Wildman–Crippen MR) is 117 cm³/mol. The summed E-state index contributed by atoms with van der Waals surface area (Å²) < 4.78 is 5.84. The molecule has 4 aliphatic carbocycles. The number of aryl methyl sites for hydroxylation is 1. The molecule has 4 saturated carbocycles. The molecular weight excluding hydrogens is 390 g/mol. The van der Waals surface area contributed by atoms with Crippen LogP contribution in [0.4, 0.5) is 0 Å². The highest BCUT2D eigenvalue weighted by atomic mass is 16.5. The van der Waals surface area contributed by atoms with E-state index < -0.39 is 0 Å². The van der Waals surface area contributed by atoms with E-state index in [1.165, 1.54) is 25.7 Å². The minimum Gasteiger partial charge on any atom is -0.393 e. The SMILES string of the molecule is COC[C@]12CC[C@@H](O)C[C@@H]1CC[C@H]1C3CC[C@H](C(=O)Cn4ncc(C)n4)[C@@]3(C)CC[C@@H]12. The van der Waals surface area contributed by atoms with Gasteiger partial charge in [-0.25, -0.2) is 0 Å². The first kappa shape index (κ1) is 21.6. The summed E-state index contributed by atoms with van der Waals surface area (Å²) in [5, 5.41) is 18.9. The first-order valence-corrected chi connectivity index (χ1v) is 12.4. The monoisotopic (exact) mass is 429 g/mol. The zero-order chi connectivity index (χ0) is 21.8. The summed E-state index contributed by atoms with van der Waals surface area (Å²) in [6.07, 6.45) is 11.6. The summed E-state index contributed by atoms with van der Waals surface area (Å²) in [7, 11) is 1.85. The molecule has 0 aromatic carbocycles. The van der Waals surface area contributed by atoms with Crippen LogP contribution in [0.2, 0.25) is 0 Å². The summed E-state index contributed by atoms with van der Waals surface area (Å²) in [6.45, 7) is 5.47. The molecule has 0 aliphatic heterocycles. The summed E-state index contributed by atoms with van der Waals surface area (Å²) in [4.78, 5) is 14.9. The Kier molecular flexibility index (Phi) is 5.53. The zero-order valence-corrected chi connectivity index (χ0v) is 19.4. The second-order valence-corrected chi connectivity index (χ2v) is 11.4. The standard InChI is InChI=1S/C25H39N3O3/c1-16-13-26-28(27-16)14-23(30)22-7-6-20-19-5-4-17-12-18(29)8-11-25(17,15-31-3)21(19)9-10-24(20,22)2/h13,17-22,29H,4-12,14-15H2,1-3H3/t17-,18+,19-,20?,21-,22+,24-,25+/m0/s1. The zero-order valence-electron chi connectivity index (χ0n) is 19.4. The maximum atomic E-state index is 13.3. The van der Waals surface area contributed by atoms with Gasteiger partial charge in [-0.2, -0.15) is 15.0 Å². The predicted octanol–water partition coefficient (Wildman–Crippen LogP) is 3.80. The number of aliphatic hydroxyl groups excluding tert-OH is 1. The van der Waals surface area contributed by atoms with Crippen LogP contribution < -0.4 is 0 Å². The van der Waals surface area contributed by atoms with E-state index in [9.17, 15) is 9.90 Å². The smallest absolute Gasteiger partial charge is 0.159 e. The highest BCUT2D eigenvalue weighted by molar-refractivity contribution is 5.82. The number of aliphatic hydroxyl groups is 1. The van der Waals surface area contributed by atoms with E-state index in [1.54, 1.807) is 11.0 Å². The fourth-order valence-electron chi connectivity index (χ4n) is 8.82. The molecule has 0 radical (unpaired) electrons.